The van der Waals surface area contributed by atoms with Crippen LogP contribution in [-0.2, 0) is 10.0 Å². The van der Waals surface area contributed by atoms with Gasteiger partial charge in [0.1, 0.15) is 27.3 Å². The summed E-state index contributed by atoms with van der Waals surface area (Å²) in [6.07, 6.45) is 4.99. The highest BCUT2D eigenvalue weighted by molar-refractivity contribution is 7.94. The van der Waals surface area contributed by atoms with E-state index in [9.17, 15) is 12.8 Å². The highest BCUT2D eigenvalue weighted by atomic mass is 32.2. The summed E-state index contributed by atoms with van der Waals surface area (Å²) in [7, 11) is -4.33. The number of aromatic nitrogens is 2. The van der Waals surface area contributed by atoms with Crippen molar-refractivity contribution in [3.63, 3.8) is 0 Å². The summed E-state index contributed by atoms with van der Waals surface area (Å²) in [6.45, 7) is 3.98. The van der Waals surface area contributed by atoms with E-state index in [1.807, 2.05) is 6.92 Å². The van der Waals surface area contributed by atoms with Gasteiger partial charge in [0, 0.05) is 6.20 Å². The molecule has 3 rings (SSSR count). The van der Waals surface area contributed by atoms with Gasteiger partial charge in [-0.2, -0.15) is 0 Å². The summed E-state index contributed by atoms with van der Waals surface area (Å²) >= 11 is 0. The molecule has 29 heavy (non-hydrogen) atoms. The normalized spacial score (nSPS) is 16.5. The molecule has 9 nitrogen and oxygen atoms in total. The van der Waals surface area contributed by atoms with Crippen molar-refractivity contribution in [2.24, 2.45) is 10.7 Å². The molecule has 2 aromatic heterocycles. The molecule has 0 unspecified atom stereocenters. The zero-order valence-corrected chi connectivity index (χ0v) is 16.6. The Balaban J connectivity index is 2.00. The fourth-order valence-corrected chi connectivity index (χ4v) is 3.65. The van der Waals surface area contributed by atoms with Crippen molar-refractivity contribution >= 4 is 21.4 Å². The maximum atomic E-state index is 13.6. The van der Waals surface area contributed by atoms with Gasteiger partial charge in [-0.15, -0.1) is 5.69 Å². The second-order valence-electron chi connectivity index (χ2n) is 6.04. The number of ether oxygens (including phenoxy) is 2. The van der Waals surface area contributed by atoms with Gasteiger partial charge in [-0.25, -0.2) is 22.8 Å². The number of fused-ring (bicyclic) bond motifs is 1. The quantitative estimate of drug-likeness (QED) is 0.759. The van der Waals surface area contributed by atoms with E-state index in [0.717, 1.165) is 12.3 Å². The van der Waals surface area contributed by atoms with Gasteiger partial charge in [0.05, 0.1) is 30.1 Å². The van der Waals surface area contributed by atoms with Gasteiger partial charge < -0.3 is 19.9 Å². The minimum atomic E-state index is -4.33. The predicted octanol–water partition coefficient (Wildman–Crippen LogP) is 2.45. The Morgan fingerprint density at radius 2 is 2.17 bits per heavy atom. The molecule has 0 fully saturated rings. The van der Waals surface area contributed by atoms with Crippen molar-refractivity contribution in [2.45, 2.75) is 24.8 Å². The predicted molar refractivity (Wildman–Crippen MR) is 105 cm³/mol. The first-order valence-electron chi connectivity index (χ1n) is 8.69. The first kappa shape index (κ1) is 20.5. The maximum Gasteiger partial charge on any atom is 0.231 e. The molecule has 1 atom stereocenters. The van der Waals surface area contributed by atoms with E-state index in [1.165, 1.54) is 18.5 Å². The number of sulfonamides is 1. The minimum Gasteiger partial charge on any atom is -0.571 e. The highest BCUT2D eigenvalue weighted by Gasteiger charge is 2.19. The van der Waals surface area contributed by atoms with Gasteiger partial charge in [-0.05, 0) is 32.2 Å². The number of pyridine rings is 2. The largest absolute Gasteiger partial charge is 0.571 e. The first-order valence-corrected chi connectivity index (χ1v) is 10.1. The van der Waals surface area contributed by atoms with Crippen molar-refractivity contribution in [3.8, 4) is 11.8 Å². The topological polar surface area (TPSA) is 131 Å². The molecule has 1 aliphatic rings. The maximum absolute atomic E-state index is 13.6. The third-order valence-corrected chi connectivity index (χ3v) is 5.06. The Morgan fingerprint density at radius 3 is 2.90 bits per heavy atom. The molecule has 0 aromatic carbocycles. The fraction of sp³-hybridized carbons (Fsp3) is 0.278. The minimum absolute atomic E-state index is 0.00624. The van der Waals surface area contributed by atoms with E-state index in [0.29, 0.717) is 17.9 Å². The second-order valence-corrected chi connectivity index (χ2v) is 7.61. The van der Waals surface area contributed by atoms with Crippen LogP contribution in [0.1, 0.15) is 19.4 Å². The smallest absolute Gasteiger partial charge is 0.231 e. The number of hydrogen-bond acceptors (Lipinski definition) is 8. The molecule has 0 spiro atoms. The van der Waals surface area contributed by atoms with Crippen LogP contribution in [0.25, 0.3) is 4.72 Å². The van der Waals surface area contributed by atoms with Crippen LogP contribution in [-0.4, -0.2) is 43.4 Å². The monoisotopic (exact) mass is 420 g/mol. The molecule has 0 bridgehead atoms. The zero-order chi connectivity index (χ0) is 21.0. The van der Waals surface area contributed by atoms with Crippen LogP contribution in [0.5, 0.6) is 11.8 Å². The van der Waals surface area contributed by atoms with Gasteiger partial charge in [-0.1, -0.05) is 6.07 Å². The molecule has 1 aliphatic heterocycles. The third-order valence-electron chi connectivity index (χ3n) is 3.76. The Kier molecular flexibility index (Phi) is 5.97. The number of rotatable bonds is 6. The van der Waals surface area contributed by atoms with Crippen LogP contribution >= 0.6 is 0 Å². The molecule has 0 amide bonds. The van der Waals surface area contributed by atoms with Crippen LogP contribution in [0.3, 0.4) is 0 Å². The lowest BCUT2D eigenvalue weighted by molar-refractivity contribution is 0.289. The molecule has 0 saturated heterocycles. The van der Waals surface area contributed by atoms with Gasteiger partial charge in [0.2, 0.25) is 11.8 Å². The molecule has 3 heterocycles. The average Bonchev–Trinajstić information content (AvgIpc) is 2.82. The van der Waals surface area contributed by atoms with Gasteiger partial charge >= 0.3 is 0 Å². The van der Waals surface area contributed by atoms with E-state index < -0.39 is 20.7 Å². The first-order chi connectivity index (χ1) is 13.8. The van der Waals surface area contributed by atoms with E-state index in [-0.39, 0.29) is 30.1 Å². The number of nitrogens with zero attached hydrogens (tertiary/aromatic N) is 4. The van der Waals surface area contributed by atoms with E-state index >= 15 is 0 Å². The molecule has 154 valence electrons. The number of nitrogens with two attached hydrogens (primary N) is 1. The van der Waals surface area contributed by atoms with Crippen molar-refractivity contribution < 1.29 is 22.3 Å². The van der Waals surface area contributed by atoms with Gasteiger partial charge in [0.25, 0.3) is 0 Å². The van der Waals surface area contributed by atoms with Crippen LogP contribution in [0.4, 0.5) is 10.1 Å². The molecule has 2 aromatic rings. The highest BCUT2D eigenvalue weighted by Crippen LogP contribution is 2.34. The summed E-state index contributed by atoms with van der Waals surface area (Å²) in [5.41, 5.74) is 6.42. The summed E-state index contributed by atoms with van der Waals surface area (Å²) in [6, 6.07) is 2.12. The van der Waals surface area contributed by atoms with E-state index in [2.05, 4.69) is 19.7 Å². The van der Waals surface area contributed by atoms with Crippen molar-refractivity contribution in [2.75, 3.05) is 13.2 Å². The number of aliphatic imine (C=N–C) groups is 1. The zero-order valence-electron chi connectivity index (χ0n) is 15.7. The Bertz CT molecular complexity index is 1070. The van der Waals surface area contributed by atoms with Crippen molar-refractivity contribution in [1.29, 1.82) is 0 Å². The van der Waals surface area contributed by atoms with Crippen LogP contribution < -0.4 is 15.2 Å². The lowest BCUT2D eigenvalue weighted by Crippen LogP contribution is -2.10. The Labute approximate surface area is 167 Å². The molecular weight excluding hydrogens is 401 g/mol. The van der Waals surface area contributed by atoms with Crippen LogP contribution in [0.15, 0.2) is 46.7 Å². The molecule has 11 heteroatoms. The molecule has 0 radical (unpaired) electrons. The van der Waals surface area contributed by atoms with Gasteiger partial charge in [-0.3, -0.25) is 4.99 Å². The summed E-state index contributed by atoms with van der Waals surface area (Å²) in [4.78, 5) is 11.8. The number of allylic oxidation sites excluding steroid dienone is 1. The second kappa shape index (κ2) is 8.43. The van der Waals surface area contributed by atoms with Gasteiger partial charge in [0.15, 0.2) is 0 Å². The van der Waals surface area contributed by atoms with Crippen LogP contribution in [0.2, 0.25) is 0 Å². The number of halogens is 1. The van der Waals surface area contributed by atoms with Crippen molar-refractivity contribution in [3.05, 3.63) is 52.9 Å². The number of hydrogen-bond donors (Lipinski definition) is 1. The Hall–Kier alpha value is -3.21. The molecule has 0 aliphatic carbocycles. The van der Waals surface area contributed by atoms with E-state index in [1.54, 1.807) is 13.0 Å². The lowest BCUT2D eigenvalue weighted by Gasteiger charge is -2.23. The fourth-order valence-electron chi connectivity index (χ4n) is 2.58. The third kappa shape index (κ3) is 4.62. The van der Waals surface area contributed by atoms with Crippen LogP contribution in [0, 0.1) is 5.82 Å². The standard InChI is InChI=1S/C18H19FN5O4S/c1-3-27-18-16(6-12(19)8-21-18)29(25,26)24-13-7-14-15(4-5-20)23-11(2)10-28-17(14)22-9-13/h4-9,11H,3,10,20H2,1-2H3/q-1/t11-/m0/s1. The summed E-state index contributed by atoms with van der Waals surface area (Å²) in [5, 5.41) is 0. The van der Waals surface area contributed by atoms with E-state index in [4.69, 9.17) is 15.2 Å². The molecule has 0 saturated carbocycles. The Morgan fingerprint density at radius 1 is 1.38 bits per heavy atom. The summed E-state index contributed by atoms with van der Waals surface area (Å²) in [5.74, 6) is -0.775. The lowest BCUT2D eigenvalue weighted by atomic mass is 10.1. The molecule has 2 N–H and O–H groups in total. The SMILES string of the molecule is CCOc1ncc(F)cc1S(=O)(=O)[N-]c1cnc2c(c1)C(C=CN)=N[C@@H](C)CO2. The van der Waals surface area contributed by atoms with Crippen molar-refractivity contribution in [1.82, 2.24) is 9.97 Å². The summed E-state index contributed by atoms with van der Waals surface area (Å²) < 4.78 is 53.7. The molecular formula is C18H19FN5O4S-. The average molecular weight is 420 g/mol.